The normalized spacial score (nSPS) is 26.7. The van der Waals surface area contributed by atoms with E-state index < -0.39 is 0 Å². The largest absolute Gasteiger partial charge is 0.392 e. The molecule has 1 heterocycles. The summed E-state index contributed by atoms with van der Waals surface area (Å²) < 4.78 is 0. The number of rotatable bonds is 6. The van der Waals surface area contributed by atoms with Crippen molar-refractivity contribution in [2.24, 2.45) is 0 Å². The van der Waals surface area contributed by atoms with Crippen molar-refractivity contribution in [3.8, 4) is 0 Å². The minimum absolute atomic E-state index is 0.0283. The molecule has 0 bridgehead atoms. The second-order valence-electron chi connectivity index (χ2n) is 4.76. The summed E-state index contributed by atoms with van der Waals surface area (Å²) in [5.41, 5.74) is 0. The number of carbonyl (C=O) groups is 1. The van der Waals surface area contributed by atoms with E-state index in [-0.39, 0.29) is 24.1 Å². The predicted octanol–water partition coefficient (Wildman–Crippen LogP) is 0.794. The molecule has 0 aromatic heterocycles. The van der Waals surface area contributed by atoms with Gasteiger partial charge in [-0.1, -0.05) is 26.2 Å². The minimum atomic E-state index is -0.369. The highest BCUT2D eigenvalue weighted by atomic mass is 16.3. The number of aliphatic hydroxyl groups excluding tert-OH is 1. The van der Waals surface area contributed by atoms with E-state index in [1.807, 2.05) is 6.92 Å². The number of amides is 1. The summed E-state index contributed by atoms with van der Waals surface area (Å²) in [5, 5.41) is 15.3. The molecule has 1 aliphatic heterocycles. The van der Waals surface area contributed by atoms with Gasteiger partial charge in [0.1, 0.15) is 0 Å². The van der Waals surface area contributed by atoms with Crippen LogP contribution in [0.1, 0.15) is 46.0 Å². The van der Waals surface area contributed by atoms with E-state index >= 15 is 0 Å². The zero-order valence-corrected chi connectivity index (χ0v) is 10.3. The van der Waals surface area contributed by atoms with Crippen molar-refractivity contribution in [1.29, 1.82) is 0 Å². The van der Waals surface area contributed by atoms with Gasteiger partial charge in [-0.25, -0.2) is 0 Å². The van der Waals surface area contributed by atoms with Crippen LogP contribution in [0.3, 0.4) is 0 Å². The maximum absolute atomic E-state index is 11.7. The molecule has 0 aromatic rings. The summed E-state index contributed by atoms with van der Waals surface area (Å²) in [6, 6.07) is 0.0298. The van der Waals surface area contributed by atoms with Gasteiger partial charge >= 0.3 is 0 Å². The molecule has 1 saturated heterocycles. The Balaban J connectivity index is 2.17. The molecular formula is C12H24N2O2. The van der Waals surface area contributed by atoms with Crippen molar-refractivity contribution in [3.63, 3.8) is 0 Å². The molecule has 0 aliphatic carbocycles. The molecule has 3 N–H and O–H groups in total. The van der Waals surface area contributed by atoms with Crippen LogP contribution >= 0.6 is 0 Å². The fourth-order valence-corrected chi connectivity index (χ4v) is 2.03. The number of hydrogen-bond acceptors (Lipinski definition) is 3. The van der Waals surface area contributed by atoms with Crippen LogP contribution in [-0.2, 0) is 4.79 Å². The first-order valence-electron chi connectivity index (χ1n) is 6.35. The zero-order chi connectivity index (χ0) is 12.0. The third-order valence-corrected chi connectivity index (χ3v) is 3.05. The average Bonchev–Trinajstić information content (AvgIpc) is 2.65. The highest BCUT2D eigenvalue weighted by molar-refractivity contribution is 5.82. The SMILES string of the molecule is CCCCCC(C)NC(=O)C1CC(O)CN1. The molecule has 0 saturated carbocycles. The topological polar surface area (TPSA) is 61.4 Å². The van der Waals surface area contributed by atoms with Crippen molar-refractivity contribution in [2.75, 3.05) is 6.54 Å². The zero-order valence-electron chi connectivity index (χ0n) is 10.3. The van der Waals surface area contributed by atoms with Gasteiger partial charge in [0.25, 0.3) is 0 Å². The Kier molecular flexibility index (Phi) is 5.77. The van der Waals surface area contributed by atoms with E-state index in [1.54, 1.807) is 0 Å². The second-order valence-corrected chi connectivity index (χ2v) is 4.76. The molecule has 16 heavy (non-hydrogen) atoms. The number of unbranched alkanes of at least 4 members (excludes halogenated alkanes) is 2. The Bertz CT molecular complexity index is 221. The molecule has 0 radical (unpaired) electrons. The smallest absolute Gasteiger partial charge is 0.237 e. The Morgan fingerprint density at radius 3 is 2.88 bits per heavy atom. The lowest BCUT2D eigenvalue weighted by Crippen LogP contribution is -2.44. The molecule has 3 unspecified atom stereocenters. The lowest BCUT2D eigenvalue weighted by molar-refractivity contribution is -0.123. The van der Waals surface area contributed by atoms with Crippen molar-refractivity contribution < 1.29 is 9.90 Å². The van der Waals surface area contributed by atoms with Gasteiger partial charge in [-0.2, -0.15) is 0 Å². The number of nitrogens with one attached hydrogen (secondary N) is 2. The molecule has 4 nitrogen and oxygen atoms in total. The number of carbonyl (C=O) groups excluding carboxylic acids is 1. The van der Waals surface area contributed by atoms with Gasteiger partial charge in [-0.15, -0.1) is 0 Å². The quantitative estimate of drug-likeness (QED) is 0.589. The van der Waals surface area contributed by atoms with E-state index in [0.29, 0.717) is 13.0 Å². The van der Waals surface area contributed by atoms with Gasteiger partial charge in [-0.05, 0) is 19.8 Å². The third kappa shape index (κ3) is 4.49. The van der Waals surface area contributed by atoms with Crippen LogP contribution in [0.2, 0.25) is 0 Å². The van der Waals surface area contributed by atoms with Gasteiger partial charge in [0.15, 0.2) is 0 Å². The highest BCUT2D eigenvalue weighted by Gasteiger charge is 2.28. The van der Waals surface area contributed by atoms with Gasteiger partial charge in [-0.3, -0.25) is 4.79 Å². The van der Waals surface area contributed by atoms with Crippen LogP contribution in [0.4, 0.5) is 0 Å². The van der Waals surface area contributed by atoms with E-state index in [2.05, 4.69) is 17.6 Å². The summed E-state index contributed by atoms with van der Waals surface area (Å²) in [6.45, 7) is 4.74. The molecule has 1 aliphatic rings. The van der Waals surface area contributed by atoms with Crippen molar-refractivity contribution in [1.82, 2.24) is 10.6 Å². The Hall–Kier alpha value is -0.610. The first kappa shape index (κ1) is 13.5. The van der Waals surface area contributed by atoms with E-state index in [0.717, 1.165) is 6.42 Å². The third-order valence-electron chi connectivity index (χ3n) is 3.05. The molecule has 3 atom stereocenters. The standard InChI is InChI=1S/C12H24N2O2/c1-3-4-5-6-9(2)14-12(16)11-7-10(15)8-13-11/h9-11,13,15H,3-8H2,1-2H3,(H,14,16). The second kappa shape index (κ2) is 6.86. The molecule has 4 heteroatoms. The first-order valence-corrected chi connectivity index (χ1v) is 6.35. The van der Waals surface area contributed by atoms with Crippen LogP contribution in [0, 0.1) is 0 Å². The maximum atomic E-state index is 11.7. The summed E-state index contributed by atoms with van der Waals surface area (Å²) >= 11 is 0. The minimum Gasteiger partial charge on any atom is -0.392 e. The fraction of sp³-hybridized carbons (Fsp3) is 0.917. The predicted molar refractivity (Wildman–Crippen MR) is 64.2 cm³/mol. The van der Waals surface area contributed by atoms with Crippen LogP contribution in [-0.4, -0.2) is 35.7 Å². The molecule has 0 spiro atoms. The Labute approximate surface area is 97.8 Å². The number of β-amino-alcohol motifs (C(OH)–C–C–N with tert-alkyl or cyclic N) is 1. The summed E-state index contributed by atoms with van der Waals surface area (Å²) in [5.74, 6) is 0.0283. The molecular weight excluding hydrogens is 204 g/mol. The van der Waals surface area contributed by atoms with Gasteiger partial charge in [0.05, 0.1) is 12.1 Å². The summed E-state index contributed by atoms with van der Waals surface area (Å²) in [4.78, 5) is 11.7. The Morgan fingerprint density at radius 1 is 1.56 bits per heavy atom. The molecule has 0 aromatic carbocycles. The van der Waals surface area contributed by atoms with Crippen molar-refractivity contribution in [3.05, 3.63) is 0 Å². The molecule has 1 rings (SSSR count). The van der Waals surface area contributed by atoms with Crippen molar-refractivity contribution in [2.45, 2.75) is 64.1 Å². The van der Waals surface area contributed by atoms with E-state index in [9.17, 15) is 9.90 Å². The summed E-state index contributed by atoms with van der Waals surface area (Å²) in [7, 11) is 0. The van der Waals surface area contributed by atoms with Gasteiger partial charge in [0, 0.05) is 12.6 Å². The lowest BCUT2D eigenvalue weighted by Gasteiger charge is -2.17. The van der Waals surface area contributed by atoms with Crippen molar-refractivity contribution >= 4 is 5.91 Å². The monoisotopic (exact) mass is 228 g/mol. The Morgan fingerprint density at radius 2 is 2.31 bits per heavy atom. The van der Waals surface area contributed by atoms with Crippen LogP contribution < -0.4 is 10.6 Å². The van der Waals surface area contributed by atoms with E-state index in [4.69, 9.17) is 0 Å². The lowest BCUT2D eigenvalue weighted by atomic mass is 10.1. The van der Waals surface area contributed by atoms with Gasteiger partial charge < -0.3 is 15.7 Å². The number of hydrogen-bond donors (Lipinski definition) is 3. The number of aliphatic hydroxyl groups is 1. The van der Waals surface area contributed by atoms with E-state index in [1.165, 1.54) is 19.3 Å². The van der Waals surface area contributed by atoms with Crippen LogP contribution in [0.25, 0.3) is 0 Å². The molecule has 1 amide bonds. The summed E-state index contributed by atoms with van der Waals surface area (Å²) in [6.07, 6.45) is 4.80. The van der Waals surface area contributed by atoms with Gasteiger partial charge in [0.2, 0.25) is 5.91 Å². The highest BCUT2D eigenvalue weighted by Crippen LogP contribution is 2.08. The molecule has 94 valence electrons. The average molecular weight is 228 g/mol. The first-order chi connectivity index (χ1) is 7.63. The van der Waals surface area contributed by atoms with Crippen LogP contribution in [0.15, 0.2) is 0 Å². The molecule has 1 fully saturated rings. The fourth-order valence-electron chi connectivity index (χ4n) is 2.03. The maximum Gasteiger partial charge on any atom is 0.237 e. The van der Waals surface area contributed by atoms with Crippen LogP contribution in [0.5, 0.6) is 0 Å².